The minimum atomic E-state index is -0.472. The molecule has 2 amide bonds. The standard InChI is InChI=1S/C20H19N3O4/c1-26-17-7-9-18(10-8-17)27-14-19(24)21-22-20(25)15-5-4-6-16(13-15)23-11-2-3-12-23/h2-13H,14H2,1H3,(H,21,24)(H,22,25). The lowest BCUT2D eigenvalue weighted by Gasteiger charge is -2.10. The molecule has 0 aliphatic rings. The van der Waals surface area contributed by atoms with Crippen LogP contribution in [0.1, 0.15) is 10.4 Å². The maximum atomic E-state index is 12.2. The molecule has 7 nitrogen and oxygen atoms in total. The average molecular weight is 365 g/mol. The van der Waals surface area contributed by atoms with Gasteiger partial charge >= 0.3 is 0 Å². The van der Waals surface area contributed by atoms with Gasteiger partial charge in [-0.1, -0.05) is 6.07 Å². The van der Waals surface area contributed by atoms with E-state index in [0.29, 0.717) is 17.1 Å². The largest absolute Gasteiger partial charge is 0.497 e. The predicted molar refractivity (Wildman–Crippen MR) is 99.9 cm³/mol. The van der Waals surface area contributed by atoms with E-state index in [9.17, 15) is 9.59 Å². The van der Waals surface area contributed by atoms with E-state index in [1.165, 1.54) is 0 Å². The first-order chi connectivity index (χ1) is 13.2. The van der Waals surface area contributed by atoms with E-state index in [0.717, 1.165) is 5.69 Å². The molecule has 0 saturated heterocycles. The highest BCUT2D eigenvalue weighted by Crippen LogP contribution is 2.16. The maximum Gasteiger partial charge on any atom is 0.276 e. The van der Waals surface area contributed by atoms with E-state index in [2.05, 4.69) is 10.9 Å². The second kappa shape index (κ2) is 8.57. The van der Waals surface area contributed by atoms with Gasteiger partial charge in [-0.25, -0.2) is 0 Å². The van der Waals surface area contributed by atoms with Crippen LogP contribution in [-0.4, -0.2) is 30.1 Å². The fourth-order valence-corrected chi connectivity index (χ4v) is 2.37. The van der Waals surface area contributed by atoms with Gasteiger partial charge in [-0.05, 0) is 54.6 Å². The SMILES string of the molecule is COc1ccc(OCC(=O)NNC(=O)c2cccc(-n3cccc3)c2)cc1. The fourth-order valence-electron chi connectivity index (χ4n) is 2.37. The minimum Gasteiger partial charge on any atom is -0.497 e. The molecule has 0 spiro atoms. The van der Waals surface area contributed by atoms with Crippen molar-refractivity contribution in [3.05, 3.63) is 78.6 Å². The first-order valence-electron chi connectivity index (χ1n) is 8.25. The normalized spacial score (nSPS) is 10.1. The van der Waals surface area contributed by atoms with Crippen molar-refractivity contribution in [2.75, 3.05) is 13.7 Å². The van der Waals surface area contributed by atoms with Crippen molar-refractivity contribution in [1.82, 2.24) is 15.4 Å². The number of hydrogen-bond acceptors (Lipinski definition) is 4. The van der Waals surface area contributed by atoms with Crippen LogP contribution in [0.25, 0.3) is 5.69 Å². The van der Waals surface area contributed by atoms with Crippen LogP contribution in [0, 0.1) is 0 Å². The fraction of sp³-hybridized carbons (Fsp3) is 0.100. The van der Waals surface area contributed by atoms with E-state index in [-0.39, 0.29) is 6.61 Å². The quantitative estimate of drug-likeness (QED) is 0.657. The molecule has 1 aromatic heterocycles. The molecule has 2 N–H and O–H groups in total. The third-order valence-corrected chi connectivity index (χ3v) is 3.76. The summed E-state index contributed by atoms with van der Waals surface area (Å²) in [4.78, 5) is 24.1. The third kappa shape index (κ3) is 4.88. The van der Waals surface area contributed by atoms with Crippen molar-refractivity contribution in [2.45, 2.75) is 0 Å². The van der Waals surface area contributed by atoms with Crippen LogP contribution >= 0.6 is 0 Å². The topological polar surface area (TPSA) is 81.6 Å². The first kappa shape index (κ1) is 18.1. The van der Waals surface area contributed by atoms with Crippen molar-refractivity contribution in [1.29, 1.82) is 0 Å². The molecule has 0 unspecified atom stereocenters. The van der Waals surface area contributed by atoms with E-state index < -0.39 is 11.8 Å². The van der Waals surface area contributed by atoms with Crippen LogP contribution in [0.5, 0.6) is 11.5 Å². The van der Waals surface area contributed by atoms with Gasteiger partial charge in [-0.2, -0.15) is 0 Å². The summed E-state index contributed by atoms with van der Waals surface area (Å²) < 4.78 is 12.3. The van der Waals surface area contributed by atoms with Gasteiger partial charge in [-0.3, -0.25) is 20.4 Å². The molecule has 0 atom stereocenters. The second-order valence-electron chi connectivity index (χ2n) is 5.61. The molecular weight excluding hydrogens is 346 g/mol. The molecule has 0 aliphatic carbocycles. The second-order valence-corrected chi connectivity index (χ2v) is 5.61. The number of aromatic nitrogens is 1. The Hall–Kier alpha value is -3.74. The Bertz CT molecular complexity index is 905. The monoisotopic (exact) mass is 365 g/mol. The summed E-state index contributed by atoms with van der Waals surface area (Å²) in [6.45, 7) is -0.226. The van der Waals surface area contributed by atoms with Gasteiger partial charge in [0.1, 0.15) is 11.5 Å². The summed E-state index contributed by atoms with van der Waals surface area (Å²) in [7, 11) is 1.57. The minimum absolute atomic E-state index is 0.226. The molecule has 2 aromatic carbocycles. The number of carbonyl (C=O) groups is 2. The average Bonchev–Trinajstić information content (AvgIpc) is 3.26. The molecular formula is C20H19N3O4. The molecule has 0 aliphatic heterocycles. The predicted octanol–water partition coefficient (Wildman–Crippen LogP) is 2.33. The molecule has 27 heavy (non-hydrogen) atoms. The zero-order valence-corrected chi connectivity index (χ0v) is 14.7. The van der Waals surface area contributed by atoms with Gasteiger partial charge in [0.2, 0.25) is 0 Å². The van der Waals surface area contributed by atoms with Crippen LogP contribution in [-0.2, 0) is 4.79 Å². The van der Waals surface area contributed by atoms with Gasteiger partial charge in [0.15, 0.2) is 6.61 Å². The lowest BCUT2D eigenvalue weighted by atomic mass is 10.2. The van der Waals surface area contributed by atoms with Crippen molar-refractivity contribution in [3.63, 3.8) is 0 Å². The summed E-state index contributed by atoms with van der Waals surface area (Å²) in [5.74, 6) is 0.334. The molecule has 1 heterocycles. The molecule has 0 bridgehead atoms. The van der Waals surface area contributed by atoms with Gasteiger partial charge in [0.05, 0.1) is 7.11 Å². The number of hydrazine groups is 1. The first-order valence-corrected chi connectivity index (χ1v) is 8.25. The Morgan fingerprint density at radius 1 is 0.926 bits per heavy atom. The highest BCUT2D eigenvalue weighted by atomic mass is 16.5. The van der Waals surface area contributed by atoms with E-state index in [1.54, 1.807) is 49.6 Å². The number of benzene rings is 2. The molecule has 3 aromatic rings. The van der Waals surface area contributed by atoms with E-state index in [1.807, 2.05) is 35.2 Å². The molecule has 3 rings (SSSR count). The Labute approximate surface area is 156 Å². The van der Waals surface area contributed by atoms with E-state index >= 15 is 0 Å². The lowest BCUT2D eigenvalue weighted by Crippen LogP contribution is -2.43. The number of nitrogens with zero attached hydrogens (tertiary/aromatic N) is 1. The van der Waals surface area contributed by atoms with Gasteiger partial charge in [0, 0.05) is 23.6 Å². The Morgan fingerprint density at radius 2 is 1.63 bits per heavy atom. The van der Waals surface area contributed by atoms with Crippen LogP contribution in [0.4, 0.5) is 0 Å². The smallest absolute Gasteiger partial charge is 0.276 e. The highest BCUT2D eigenvalue weighted by molar-refractivity contribution is 5.95. The summed E-state index contributed by atoms with van der Waals surface area (Å²) in [6, 6.07) is 17.7. The van der Waals surface area contributed by atoms with Crippen LogP contribution in [0.15, 0.2) is 73.1 Å². The van der Waals surface area contributed by atoms with Gasteiger partial charge in [-0.15, -0.1) is 0 Å². The van der Waals surface area contributed by atoms with Crippen LogP contribution in [0.2, 0.25) is 0 Å². The van der Waals surface area contributed by atoms with Gasteiger partial charge < -0.3 is 14.0 Å². The lowest BCUT2D eigenvalue weighted by molar-refractivity contribution is -0.123. The van der Waals surface area contributed by atoms with Crippen molar-refractivity contribution < 1.29 is 19.1 Å². The Morgan fingerprint density at radius 3 is 2.33 bits per heavy atom. The third-order valence-electron chi connectivity index (χ3n) is 3.76. The van der Waals surface area contributed by atoms with Gasteiger partial charge in [0.25, 0.3) is 11.8 Å². The Kier molecular flexibility index (Phi) is 5.73. The maximum absolute atomic E-state index is 12.2. The van der Waals surface area contributed by atoms with Crippen LogP contribution in [0.3, 0.4) is 0 Å². The summed E-state index contributed by atoms with van der Waals surface area (Å²) in [6.07, 6.45) is 3.77. The highest BCUT2D eigenvalue weighted by Gasteiger charge is 2.09. The van der Waals surface area contributed by atoms with Crippen molar-refractivity contribution >= 4 is 11.8 Å². The number of carbonyl (C=O) groups excluding carboxylic acids is 2. The van der Waals surface area contributed by atoms with Crippen molar-refractivity contribution in [3.8, 4) is 17.2 Å². The van der Waals surface area contributed by atoms with Crippen molar-refractivity contribution in [2.24, 2.45) is 0 Å². The number of rotatable bonds is 6. The molecule has 0 saturated carbocycles. The number of nitrogens with one attached hydrogen (secondary N) is 2. The zero-order chi connectivity index (χ0) is 19.1. The molecule has 0 radical (unpaired) electrons. The summed E-state index contributed by atoms with van der Waals surface area (Å²) in [5.41, 5.74) is 5.99. The summed E-state index contributed by atoms with van der Waals surface area (Å²) >= 11 is 0. The van der Waals surface area contributed by atoms with Crippen LogP contribution < -0.4 is 20.3 Å². The number of hydrogen-bond donors (Lipinski definition) is 2. The molecule has 0 fully saturated rings. The molecule has 138 valence electrons. The number of methoxy groups -OCH3 is 1. The van der Waals surface area contributed by atoms with E-state index in [4.69, 9.17) is 9.47 Å². The zero-order valence-electron chi connectivity index (χ0n) is 14.7. The Balaban J connectivity index is 1.49. The number of amides is 2. The summed E-state index contributed by atoms with van der Waals surface area (Å²) in [5, 5.41) is 0. The molecule has 7 heteroatoms. The number of ether oxygens (including phenoxy) is 2.